The molecule has 0 radical (unpaired) electrons. The van der Waals surface area contributed by atoms with Gasteiger partial charge in [-0.3, -0.25) is 0 Å². The Bertz CT molecular complexity index is 399. The van der Waals surface area contributed by atoms with Gasteiger partial charge in [-0.15, -0.1) is 5.54 Å². The molecule has 0 spiro atoms. The van der Waals surface area contributed by atoms with Crippen LogP contribution < -0.4 is 5.73 Å². The van der Waals surface area contributed by atoms with Gasteiger partial charge in [0.15, 0.2) is 0 Å². The summed E-state index contributed by atoms with van der Waals surface area (Å²) in [5.74, 6) is 2.98. The van der Waals surface area contributed by atoms with Gasteiger partial charge in [0.05, 0.1) is 5.69 Å². The maximum atomic E-state index is 5.74. The zero-order valence-electron chi connectivity index (χ0n) is 8.56. The molecule has 4 heteroatoms. The molecule has 0 amide bonds. The van der Waals surface area contributed by atoms with Crippen molar-refractivity contribution >= 4 is 25.4 Å². The van der Waals surface area contributed by atoms with E-state index in [1.807, 2.05) is 0 Å². The van der Waals surface area contributed by atoms with Crippen LogP contribution in [0.1, 0.15) is 5.69 Å². The Hall–Kier alpha value is -0.983. The lowest BCUT2D eigenvalue weighted by molar-refractivity contribution is 1.29. The van der Waals surface area contributed by atoms with Gasteiger partial charge in [0.1, 0.15) is 18.9 Å². The van der Waals surface area contributed by atoms with Crippen LogP contribution in [0.15, 0.2) is 12.1 Å². The fourth-order valence-corrected chi connectivity index (χ4v) is 1.43. The minimum Gasteiger partial charge on any atom is -0.396 e. The zero-order chi connectivity index (χ0) is 10.8. The summed E-state index contributed by atoms with van der Waals surface area (Å²) in [7, 11) is -1.38. The van der Waals surface area contributed by atoms with E-state index in [1.165, 1.54) is 0 Å². The molecule has 1 heterocycles. The Kier molecular flexibility index (Phi) is 3.20. The van der Waals surface area contributed by atoms with Crippen molar-refractivity contribution in [1.82, 2.24) is 4.98 Å². The van der Waals surface area contributed by atoms with Crippen LogP contribution in [0.25, 0.3) is 0 Å². The summed E-state index contributed by atoms with van der Waals surface area (Å²) in [5, 5.41) is 0.430. The van der Waals surface area contributed by atoms with Gasteiger partial charge in [0, 0.05) is 0 Å². The highest BCUT2D eigenvalue weighted by atomic mass is 35.5. The number of nitrogen functional groups attached to an aromatic ring is 1. The molecule has 14 heavy (non-hydrogen) atoms. The number of hydrogen-bond acceptors (Lipinski definition) is 2. The highest BCUT2D eigenvalue weighted by molar-refractivity contribution is 6.83. The van der Waals surface area contributed by atoms with Gasteiger partial charge in [0.2, 0.25) is 0 Å². The van der Waals surface area contributed by atoms with E-state index in [-0.39, 0.29) is 0 Å². The fraction of sp³-hybridized carbons (Fsp3) is 0.300. The van der Waals surface area contributed by atoms with Crippen molar-refractivity contribution in [3.05, 3.63) is 23.0 Å². The van der Waals surface area contributed by atoms with Gasteiger partial charge in [-0.05, 0) is 12.1 Å². The van der Waals surface area contributed by atoms with Crippen molar-refractivity contribution < 1.29 is 0 Å². The third kappa shape index (κ3) is 3.41. The maximum Gasteiger partial charge on any atom is 0.137 e. The molecular formula is C10H13ClN2Si. The number of aromatic nitrogens is 1. The lowest BCUT2D eigenvalue weighted by atomic mass is 10.3. The Labute approximate surface area is 90.5 Å². The molecule has 0 aromatic carbocycles. The molecule has 2 N–H and O–H groups in total. The summed E-state index contributed by atoms with van der Waals surface area (Å²) in [4.78, 5) is 4.06. The number of pyridine rings is 1. The molecular weight excluding hydrogens is 212 g/mol. The zero-order valence-corrected chi connectivity index (χ0v) is 10.3. The normalized spacial score (nSPS) is 10.6. The van der Waals surface area contributed by atoms with E-state index in [0.717, 1.165) is 0 Å². The number of rotatable bonds is 0. The molecule has 0 saturated carbocycles. The molecule has 1 rings (SSSR count). The van der Waals surface area contributed by atoms with Crippen molar-refractivity contribution in [2.75, 3.05) is 5.73 Å². The van der Waals surface area contributed by atoms with Gasteiger partial charge >= 0.3 is 0 Å². The van der Waals surface area contributed by atoms with Crippen molar-refractivity contribution in [1.29, 1.82) is 0 Å². The van der Waals surface area contributed by atoms with Crippen molar-refractivity contribution in [2.24, 2.45) is 0 Å². The van der Waals surface area contributed by atoms with Crippen LogP contribution in [0.5, 0.6) is 0 Å². The average Bonchev–Trinajstić information content (AvgIpc) is 2.05. The first-order valence-electron chi connectivity index (χ1n) is 4.34. The minimum atomic E-state index is -1.38. The molecule has 0 fully saturated rings. The van der Waals surface area contributed by atoms with Crippen LogP contribution in [0.3, 0.4) is 0 Å². The lowest BCUT2D eigenvalue weighted by Gasteiger charge is -2.03. The van der Waals surface area contributed by atoms with E-state index in [2.05, 4.69) is 36.1 Å². The first-order valence-corrected chi connectivity index (χ1v) is 8.21. The molecule has 0 unspecified atom stereocenters. The smallest absolute Gasteiger partial charge is 0.137 e. The molecule has 2 nitrogen and oxygen atoms in total. The summed E-state index contributed by atoms with van der Waals surface area (Å²) in [5.41, 5.74) is 10.1. The van der Waals surface area contributed by atoms with Crippen LogP contribution in [-0.2, 0) is 0 Å². The first-order chi connectivity index (χ1) is 6.38. The van der Waals surface area contributed by atoms with E-state index >= 15 is 0 Å². The number of halogens is 1. The maximum absolute atomic E-state index is 5.74. The monoisotopic (exact) mass is 224 g/mol. The lowest BCUT2D eigenvalue weighted by Crippen LogP contribution is -2.16. The van der Waals surface area contributed by atoms with Crippen LogP contribution in [0.4, 0.5) is 5.69 Å². The summed E-state index contributed by atoms with van der Waals surface area (Å²) in [6, 6.07) is 3.39. The third-order valence-electron chi connectivity index (χ3n) is 1.45. The summed E-state index contributed by atoms with van der Waals surface area (Å²) in [6.07, 6.45) is 0. The molecule has 0 aliphatic rings. The summed E-state index contributed by atoms with van der Waals surface area (Å²) < 4.78 is 0. The van der Waals surface area contributed by atoms with Crippen LogP contribution in [0, 0.1) is 11.5 Å². The van der Waals surface area contributed by atoms with Gasteiger partial charge < -0.3 is 5.73 Å². The molecule has 1 aromatic heterocycles. The highest BCUT2D eigenvalue weighted by Gasteiger charge is 2.08. The van der Waals surface area contributed by atoms with E-state index < -0.39 is 8.07 Å². The first kappa shape index (κ1) is 11.1. The van der Waals surface area contributed by atoms with Gasteiger partial charge in [-0.25, -0.2) is 4.98 Å². The van der Waals surface area contributed by atoms with E-state index in [9.17, 15) is 0 Å². The molecule has 1 aromatic rings. The number of anilines is 1. The van der Waals surface area contributed by atoms with Gasteiger partial charge in [-0.1, -0.05) is 37.2 Å². The summed E-state index contributed by atoms with van der Waals surface area (Å²) >= 11 is 5.74. The van der Waals surface area contributed by atoms with Crippen molar-refractivity contribution in [2.45, 2.75) is 19.6 Å². The van der Waals surface area contributed by atoms with E-state index in [4.69, 9.17) is 17.3 Å². The number of nitrogens with two attached hydrogens (primary N) is 1. The number of nitrogens with zero attached hydrogens (tertiary/aromatic N) is 1. The van der Waals surface area contributed by atoms with Gasteiger partial charge in [-0.2, -0.15) is 0 Å². The fourth-order valence-electron chi connectivity index (χ4n) is 0.793. The predicted molar refractivity (Wildman–Crippen MR) is 63.9 cm³/mol. The largest absolute Gasteiger partial charge is 0.396 e. The molecule has 0 aliphatic heterocycles. The summed E-state index contributed by atoms with van der Waals surface area (Å²) in [6.45, 7) is 6.50. The molecule has 0 atom stereocenters. The minimum absolute atomic E-state index is 0.430. The highest BCUT2D eigenvalue weighted by Crippen LogP contribution is 2.12. The Balaban J connectivity index is 3.06. The topological polar surface area (TPSA) is 38.9 Å². The molecule has 0 bridgehead atoms. The number of hydrogen-bond donors (Lipinski definition) is 1. The predicted octanol–water partition coefficient (Wildman–Crippen LogP) is 2.55. The quantitative estimate of drug-likeness (QED) is 0.418. The van der Waals surface area contributed by atoms with Crippen LogP contribution in [0.2, 0.25) is 24.8 Å². The van der Waals surface area contributed by atoms with E-state index in [0.29, 0.717) is 16.5 Å². The average molecular weight is 225 g/mol. The van der Waals surface area contributed by atoms with E-state index in [1.54, 1.807) is 12.1 Å². The second-order valence-corrected chi connectivity index (χ2v) is 9.21. The van der Waals surface area contributed by atoms with Crippen molar-refractivity contribution in [3.63, 3.8) is 0 Å². The Morgan fingerprint density at radius 2 is 2.00 bits per heavy atom. The SMILES string of the molecule is C[Si](C)(C)C#Cc1nc(Cl)ccc1N. The second kappa shape index (κ2) is 4.03. The van der Waals surface area contributed by atoms with Crippen LogP contribution >= 0.6 is 11.6 Å². The standard InChI is InChI=1S/C10H13ClN2Si/c1-14(2,3)7-6-9-8(12)4-5-10(11)13-9/h4-5H,12H2,1-3H3. The van der Waals surface area contributed by atoms with Crippen LogP contribution in [-0.4, -0.2) is 13.1 Å². The molecule has 74 valence electrons. The van der Waals surface area contributed by atoms with Gasteiger partial charge in [0.25, 0.3) is 0 Å². The Morgan fingerprint density at radius 3 is 2.57 bits per heavy atom. The molecule has 0 aliphatic carbocycles. The van der Waals surface area contributed by atoms with Crippen molar-refractivity contribution in [3.8, 4) is 11.5 Å². The third-order valence-corrected chi connectivity index (χ3v) is 2.53. The second-order valence-electron chi connectivity index (χ2n) is 4.07. The molecule has 0 saturated heterocycles. The Morgan fingerprint density at radius 1 is 1.36 bits per heavy atom.